The lowest BCUT2D eigenvalue weighted by Gasteiger charge is -2.19. The molecular formula is C18H21BrClN. The standard InChI is InChI=1S/C18H21BrClN/c1-2-10-21-17(12-14-6-5-8-16(20)11-14)13-15-7-3-4-9-18(15)19/h3-9,11,17,21H,2,10,12-13H2,1H3. The number of hydrogen-bond donors (Lipinski definition) is 1. The van der Waals surface area contributed by atoms with Gasteiger partial charge in [0.25, 0.3) is 0 Å². The zero-order valence-electron chi connectivity index (χ0n) is 12.3. The largest absolute Gasteiger partial charge is 0.313 e. The van der Waals surface area contributed by atoms with Gasteiger partial charge >= 0.3 is 0 Å². The van der Waals surface area contributed by atoms with Crippen LogP contribution >= 0.6 is 27.5 Å². The lowest BCUT2D eigenvalue weighted by atomic mass is 9.99. The Bertz CT molecular complexity index is 571. The second-order valence-electron chi connectivity index (χ2n) is 5.28. The van der Waals surface area contributed by atoms with Gasteiger partial charge in [0.2, 0.25) is 0 Å². The highest BCUT2D eigenvalue weighted by Gasteiger charge is 2.12. The van der Waals surface area contributed by atoms with Gasteiger partial charge < -0.3 is 5.32 Å². The monoisotopic (exact) mass is 365 g/mol. The summed E-state index contributed by atoms with van der Waals surface area (Å²) in [6.07, 6.45) is 3.14. The maximum absolute atomic E-state index is 6.09. The Morgan fingerprint density at radius 2 is 1.90 bits per heavy atom. The minimum absolute atomic E-state index is 0.419. The Hall–Kier alpha value is -0.830. The van der Waals surface area contributed by atoms with Gasteiger partial charge in [0, 0.05) is 15.5 Å². The molecule has 0 aliphatic carbocycles. The van der Waals surface area contributed by atoms with E-state index in [0.717, 1.165) is 30.8 Å². The van der Waals surface area contributed by atoms with E-state index in [0.29, 0.717) is 6.04 Å². The summed E-state index contributed by atoms with van der Waals surface area (Å²) < 4.78 is 1.18. The van der Waals surface area contributed by atoms with Crippen molar-refractivity contribution in [1.29, 1.82) is 0 Å². The molecular weight excluding hydrogens is 346 g/mol. The molecule has 0 saturated heterocycles. The summed E-state index contributed by atoms with van der Waals surface area (Å²) in [7, 11) is 0. The molecule has 2 aromatic carbocycles. The molecule has 1 N–H and O–H groups in total. The van der Waals surface area contributed by atoms with Crippen molar-refractivity contribution in [2.24, 2.45) is 0 Å². The minimum Gasteiger partial charge on any atom is -0.313 e. The summed E-state index contributed by atoms with van der Waals surface area (Å²) in [5, 5.41) is 4.46. The van der Waals surface area contributed by atoms with Crippen LogP contribution < -0.4 is 5.32 Å². The number of benzene rings is 2. The Morgan fingerprint density at radius 3 is 2.62 bits per heavy atom. The van der Waals surface area contributed by atoms with Gasteiger partial charge in [0.05, 0.1) is 0 Å². The van der Waals surface area contributed by atoms with E-state index in [4.69, 9.17) is 11.6 Å². The Balaban J connectivity index is 2.09. The molecule has 112 valence electrons. The summed E-state index contributed by atoms with van der Waals surface area (Å²) in [4.78, 5) is 0. The third kappa shape index (κ3) is 5.46. The highest BCUT2D eigenvalue weighted by molar-refractivity contribution is 9.10. The van der Waals surface area contributed by atoms with Crippen LogP contribution in [0.2, 0.25) is 5.02 Å². The van der Waals surface area contributed by atoms with Gasteiger partial charge in [-0.05, 0) is 55.1 Å². The topological polar surface area (TPSA) is 12.0 Å². The van der Waals surface area contributed by atoms with Gasteiger partial charge in [-0.25, -0.2) is 0 Å². The predicted molar refractivity (Wildman–Crippen MR) is 95.1 cm³/mol. The van der Waals surface area contributed by atoms with E-state index in [1.807, 2.05) is 12.1 Å². The van der Waals surface area contributed by atoms with E-state index in [-0.39, 0.29) is 0 Å². The summed E-state index contributed by atoms with van der Waals surface area (Å²) in [5.41, 5.74) is 2.62. The van der Waals surface area contributed by atoms with E-state index in [2.05, 4.69) is 64.6 Å². The molecule has 0 radical (unpaired) electrons. The zero-order chi connectivity index (χ0) is 15.1. The van der Waals surface area contributed by atoms with E-state index in [1.165, 1.54) is 15.6 Å². The minimum atomic E-state index is 0.419. The molecule has 1 atom stereocenters. The van der Waals surface area contributed by atoms with Crippen molar-refractivity contribution in [1.82, 2.24) is 5.32 Å². The third-order valence-electron chi connectivity index (χ3n) is 3.48. The molecule has 2 aromatic rings. The summed E-state index contributed by atoms with van der Waals surface area (Å²) >= 11 is 9.73. The van der Waals surface area contributed by atoms with Crippen LogP contribution in [0.25, 0.3) is 0 Å². The van der Waals surface area contributed by atoms with E-state index in [1.54, 1.807) is 0 Å². The average Bonchev–Trinajstić information content (AvgIpc) is 2.47. The van der Waals surface area contributed by atoms with E-state index < -0.39 is 0 Å². The van der Waals surface area contributed by atoms with Crippen LogP contribution in [-0.2, 0) is 12.8 Å². The van der Waals surface area contributed by atoms with Gasteiger partial charge in [-0.15, -0.1) is 0 Å². The van der Waals surface area contributed by atoms with Crippen molar-refractivity contribution < 1.29 is 0 Å². The molecule has 0 saturated carbocycles. The van der Waals surface area contributed by atoms with Crippen LogP contribution in [0.3, 0.4) is 0 Å². The molecule has 0 heterocycles. The van der Waals surface area contributed by atoms with Crippen LogP contribution in [0.15, 0.2) is 53.0 Å². The van der Waals surface area contributed by atoms with Crippen molar-refractivity contribution in [3.05, 3.63) is 69.2 Å². The molecule has 3 heteroatoms. The molecule has 0 fully saturated rings. The van der Waals surface area contributed by atoms with Crippen molar-refractivity contribution in [3.8, 4) is 0 Å². The summed E-state index contributed by atoms with van der Waals surface area (Å²) in [5.74, 6) is 0. The molecule has 1 nitrogen and oxygen atoms in total. The lowest BCUT2D eigenvalue weighted by Crippen LogP contribution is -2.33. The van der Waals surface area contributed by atoms with Gasteiger partial charge in [-0.1, -0.05) is 64.8 Å². The maximum atomic E-state index is 6.09. The van der Waals surface area contributed by atoms with Crippen molar-refractivity contribution in [3.63, 3.8) is 0 Å². The lowest BCUT2D eigenvalue weighted by molar-refractivity contribution is 0.504. The highest BCUT2D eigenvalue weighted by Crippen LogP contribution is 2.19. The third-order valence-corrected chi connectivity index (χ3v) is 4.49. The van der Waals surface area contributed by atoms with Crippen LogP contribution in [0.5, 0.6) is 0 Å². The number of nitrogens with one attached hydrogen (secondary N) is 1. The molecule has 21 heavy (non-hydrogen) atoms. The fourth-order valence-corrected chi connectivity index (χ4v) is 3.10. The fraction of sp³-hybridized carbons (Fsp3) is 0.333. The van der Waals surface area contributed by atoms with Gasteiger partial charge in [-0.3, -0.25) is 0 Å². The predicted octanol–water partition coefficient (Wildman–Crippen LogP) is 5.26. The van der Waals surface area contributed by atoms with Crippen molar-refractivity contribution >= 4 is 27.5 Å². The Labute approximate surface area is 140 Å². The first-order valence-corrected chi connectivity index (χ1v) is 8.57. The van der Waals surface area contributed by atoms with E-state index >= 15 is 0 Å². The molecule has 2 rings (SSSR count). The molecule has 0 bridgehead atoms. The quantitative estimate of drug-likeness (QED) is 0.705. The Kier molecular flexibility index (Phi) is 6.75. The molecule has 0 aliphatic heterocycles. The van der Waals surface area contributed by atoms with Gasteiger partial charge in [0.1, 0.15) is 0 Å². The van der Waals surface area contributed by atoms with Crippen LogP contribution in [0.1, 0.15) is 24.5 Å². The summed E-state index contributed by atoms with van der Waals surface area (Å²) in [6.45, 7) is 3.23. The van der Waals surface area contributed by atoms with Gasteiger partial charge in [0.15, 0.2) is 0 Å². The second-order valence-corrected chi connectivity index (χ2v) is 6.57. The first-order valence-electron chi connectivity index (χ1n) is 7.40. The zero-order valence-corrected chi connectivity index (χ0v) is 14.6. The van der Waals surface area contributed by atoms with Crippen LogP contribution in [-0.4, -0.2) is 12.6 Å². The first-order chi connectivity index (χ1) is 10.2. The average molecular weight is 367 g/mol. The maximum Gasteiger partial charge on any atom is 0.0408 e. The molecule has 0 aliphatic rings. The highest BCUT2D eigenvalue weighted by atomic mass is 79.9. The fourth-order valence-electron chi connectivity index (χ4n) is 2.44. The number of hydrogen-bond acceptors (Lipinski definition) is 1. The first kappa shape index (κ1) is 16.5. The number of rotatable bonds is 7. The molecule has 0 spiro atoms. The number of halogens is 2. The SMILES string of the molecule is CCCNC(Cc1cccc(Cl)c1)Cc1ccccc1Br. The van der Waals surface area contributed by atoms with Gasteiger partial charge in [-0.2, -0.15) is 0 Å². The summed E-state index contributed by atoms with van der Waals surface area (Å²) in [6, 6.07) is 17.0. The van der Waals surface area contributed by atoms with Crippen LogP contribution in [0, 0.1) is 0 Å². The molecule has 0 amide bonds. The van der Waals surface area contributed by atoms with Crippen molar-refractivity contribution in [2.45, 2.75) is 32.2 Å². The van der Waals surface area contributed by atoms with Crippen LogP contribution in [0.4, 0.5) is 0 Å². The molecule has 0 aromatic heterocycles. The molecule has 1 unspecified atom stereocenters. The Morgan fingerprint density at radius 1 is 1.10 bits per heavy atom. The smallest absolute Gasteiger partial charge is 0.0408 e. The van der Waals surface area contributed by atoms with Crippen molar-refractivity contribution in [2.75, 3.05) is 6.54 Å². The second kappa shape index (κ2) is 8.57. The normalized spacial score (nSPS) is 12.3. The van der Waals surface area contributed by atoms with E-state index in [9.17, 15) is 0 Å².